The second-order valence-corrected chi connectivity index (χ2v) is 4.57. The van der Waals surface area contributed by atoms with Crippen LogP contribution in [-0.4, -0.2) is 36.7 Å². The Morgan fingerprint density at radius 2 is 2.41 bits per heavy atom. The molecule has 0 atom stereocenters. The van der Waals surface area contributed by atoms with E-state index in [1.54, 1.807) is 18.3 Å². The first-order valence-corrected chi connectivity index (χ1v) is 6.28. The number of thiophene rings is 1. The van der Waals surface area contributed by atoms with Crippen LogP contribution in [-0.2, 0) is 16.0 Å². The van der Waals surface area contributed by atoms with Crippen LogP contribution in [0.25, 0.3) is 0 Å². The van der Waals surface area contributed by atoms with Gasteiger partial charge in [-0.3, -0.25) is 4.79 Å². The maximum Gasteiger partial charge on any atom is 0.527 e. The van der Waals surface area contributed by atoms with Gasteiger partial charge in [-0.15, -0.1) is 16.4 Å². The van der Waals surface area contributed by atoms with Crippen molar-refractivity contribution in [2.45, 2.75) is 13.3 Å². The molecule has 0 aromatic carbocycles. The fraction of sp³-hybridized carbons (Fsp3) is 0.455. The molecule has 0 saturated heterocycles. The summed E-state index contributed by atoms with van der Waals surface area (Å²) in [7, 11) is 0. The van der Waals surface area contributed by atoms with Gasteiger partial charge in [0.1, 0.15) is 0 Å². The van der Waals surface area contributed by atoms with E-state index < -0.39 is 6.16 Å². The first kappa shape index (κ1) is 12.1. The van der Waals surface area contributed by atoms with Gasteiger partial charge >= 0.3 is 6.16 Å². The summed E-state index contributed by atoms with van der Waals surface area (Å²) in [5.74, 6) is -0.0250. The SMILES string of the molecule is CCOC(=O)ON1CCc2sccc2C(=O)C1. The third kappa shape index (κ3) is 2.83. The summed E-state index contributed by atoms with van der Waals surface area (Å²) in [5.41, 5.74) is 0.741. The lowest BCUT2D eigenvalue weighted by Gasteiger charge is -2.17. The number of rotatable bonds is 2. The van der Waals surface area contributed by atoms with Crippen LogP contribution in [0.4, 0.5) is 4.79 Å². The third-order valence-corrected chi connectivity index (χ3v) is 3.40. The Hall–Kier alpha value is -1.40. The molecule has 17 heavy (non-hydrogen) atoms. The monoisotopic (exact) mass is 255 g/mol. The minimum Gasteiger partial charge on any atom is -0.433 e. The van der Waals surface area contributed by atoms with Crippen LogP contribution in [0.2, 0.25) is 0 Å². The number of fused-ring (bicyclic) bond motifs is 1. The summed E-state index contributed by atoms with van der Waals surface area (Å²) in [6, 6.07) is 1.82. The van der Waals surface area contributed by atoms with Gasteiger partial charge in [-0.2, -0.15) is 0 Å². The third-order valence-electron chi connectivity index (χ3n) is 2.42. The zero-order valence-electron chi connectivity index (χ0n) is 9.47. The molecule has 2 rings (SSSR count). The molecule has 6 heteroatoms. The second-order valence-electron chi connectivity index (χ2n) is 3.57. The normalized spacial score (nSPS) is 16.2. The molecule has 0 spiro atoms. The van der Waals surface area contributed by atoms with Gasteiger partial charge in [0.05, 0.1) is 13.2 Å². The van der Waals surface area contributed by atoms with E-state index in [9.17, 15) is 9.59 Å². The Bertz CT molecular complexity index is 429. The fourth-order valence-corrected chi connectivity index (χ4v) is 2.55. The number of ketones is 1. The van der Waals surface area contributed by atoms with Gasteiger partial charge in [-0.25, -0.2) is 4.79 Å². The van der Waals surface area contributed by atoms with Crippen LogP contribution in [0.1, 0.15) is 22.2 Å². The first-order chi connectivity index (χ1) is 8.20. The number of nitrogens with zero attached hydrogens (tertiary/aromatic N) is 1. The molecule has 1 aromatic rings. The van der Waals surface area contributed by atoms with Crippen molar-refractivity contribution in [3.63, 3.8) is 0 Å². The number of hydroxylamine groups is 2. The lowest BCUT2D eigenvalue weighted by Crippen LogP contribution is -2.32. The zero-order chi connectivity index (χ0) is 12.3. The minimum atomic E-state index is -0.759. The van der Waals surface area contributed by atoms with Gasteiger partial charge in [0.2, 0.25) is 0 Å². The maximum atomic E-state index is 11.8. The predicted octanol–water partition coefficient (Wildman–Crippen LogP) is 1.88. The maximum absolute atomic E-state index is 11.8. The van der Waals surface area contributed by atoms with Crippen molar-refractivity contribution in [1.82, 2.24) is 5.06 Å². The van der Waals surface area contributed by atoms with Crippen molar-refractivity contribution in [2.24, 2.45) is 0 Å². The first-order valence-electron chi connectivity index (χ1n) is 5.40. The summed E-state index contributed by atoms with van der Waals surface area (Å²) in [4.78, 5) is 29.0. The number of Topliss-reactive ketones (excluding diaryl/α,β-unsaturated/α-hetero) is 1. The van der Waals surface area contributed by atoms with E-state index in [0.717, 1.165) is 10.4 Å². The Kier molecular flexibility index (Phi) is 3.75. The summed E-state index contributed by atoms with van der Waals surface area (Å²) in [6.07, 6.45) is -0.0523. The molecule has 2 heterocycles. The van der Waals surface area contributed by atoms with Crippen molar-refractivity contribution in [3.8, 4) is 0 Å². The fourth-order valence-electron chi connectivity index (χ4n) is 1.66. The average molecular weight is 255 g/mol. The van der Waals surface area contributed by atoms with E-state index in [4.69, 9.17) is 4.84 Å². The molecule has 0 N–H and O–H groups in total. The van der Waals surface area contributed by atoms with Crippen molar-refractivity contribution < 1.29 is 19.2 Å². The number of carbonyl (C=O) groups excluding carboxylic acids is 2. The summed E-state index contributed by atoms with van der Waals surface area (Å²) in [5, 5.41) is 3.26. The number of carbonyl (C=O) groups is 2. The number of hydrogen-bond donors (Lipinski definition) is 0. The Morgan fingerprint density at radius 1 is 1.59 bits per heavy atom. The van der Waals surface area contributed by atoms with Gasteiger partial charge in [0.25, 0.3) is 0 Å². The van der Waals surface area contributed by atoms with E-state index in [2.05, 4.69) is 4.74 Å². The zero-order valence-corrected chi connectivity index (χ0v) is 10.3. The predicted molar refractivity (Wildman–Crippen MR) is 62.0 cm³/mol. The van der Waals surface area contributed by atoms with Crippen LogP contribution in [0.3, 0.4) is 0 Å². The van der Waals surface area contributed by atoms with Gasteiger partial charge in [-0.05, 0) is 24.8 Å². The molecule has 0 unspecified atom stereocenters. The van der Waals surface area contributed by atoms with Crippen LogP contribution >= 0.6 is 11.3 Å². The molecule has 92 valence electrons. The Labute approximate surface area is 103 Å². The molecule has 0 amide bonds. The highest BCUT2D eigenvalue weighted by atomic mass is 32.1. The molecule has 0 bridgehead atoms. The molecule has 1 aliphatic rings. The van der Waals surface area contributed by atoms with Gasteiger partial charge in [0.15, 0.2) is 5.78 Å². The van der Waals surface area contributed by atoms with Gasteiger partial charge < -0.3 is 9.57 Å². The number of ether oxygens (including phenoxy) is 1. The molecule has 1 aromatic heterocycles. The molecule has 0 aliphatic carbocycles. The quantitative estimate of drug-likeness (QED) is 0.755. The lowest BCUT2D eigenvalue weighted by atomic mass is 10.1. The summed E-state index contributed by atoms with van der Waals surface area (Å²) >= 11 is 1.55. The van der Waals surface area contributed by atoms with E-state index >= 15 is 0 Å². The van der Waals surface area contributed by atoms with Crippen molar-refractivity contribution in [1.29, 1.82) is 0 Å². The van der Waals surface area contributed by atoms with Gasteiger partial charge in [-0.1, -0.05) is 0 Å². The molecule has 0 saturated carbocycles. The highest BCUT2D eigenvalue weighted by molar-refractivity contribution is 7.10. The summed E-state index contributed by atoms with van der Waals surface area (Å²) in [6.45, 7) is 2.56. The van der Waals surface area contributed by atoms with E-state index in [-0.39, 0.29) is 18.9 Å². The highest BCUT2D eigenvalue weighted by Crippen LogP contribution is 2.21. The molecule has 1 aliphatic heterocycles. The van der Waals surface area contributed by atoms with Crippen LogP contribution in [0, 0.1) is 0 Å². The van der Waals surface area contributed by atoms with Crippen molar-refractivity contribution in [3.05, 3.63) is 21.9 Å². The van der Waals surface area contributed by atoms with E-state index in [0.29, 0.717) is 13.0 Å². The molecule has 5 nitrogen and oxygen atoms in total. The lowest BCUT2D eigenvalue weighted by molar-refractivity contribution is -0.118. The van der Waals surface area contributed by atoms with Crippen LogP contribution in [0.15, 0.2) is 11.4 Å². The van der Waals surface area contributed by atoms with E-state index in [1.165, 1.54) is 5.06 Å². The molecule has 0 radical (unpaired) electrons. The van der Waals surface area contributed by atoms with Crippen LogP contribution < -0.4 is 0 Å². The smallest absolute Gasteiger partial charge is 0.433 e. The van der Waals surface area contributed by atoms with Crippen molar-refractivity contribution >= 4 is 23.3 Å². The Balaban J connectivity index is 1.99. The minimum absolute atomic E-state index is 0.0250. The Morgan fingerprint density at radius 3 is 3.18 bits per heavy atom. The molecular formula is C11H13NO4S. The van der Waals surface area contributed by atoms with Crippen molar-refractivity contribution in [2.75, 3.05) is 19.7 Å². The number of hydrogen-bond acceptors (Lipinski definition) is 6. The molecule has 0 fully saturated rings. The van der Waals surface area contributed by atoms with E-state index in [1.807, 2.05) is 11.4 Å². The molecular weight excluding hydrogens is 242 g/mol. The van der Waals surface area contributed by atoms with Gasteiger partial charge in [0, 0.05) is 17.0 Å². The highest BCUT2D eigenvalue weighted by Gasteiger charge is 2.24. The average Bonchev–Trinajstić information content (AvgIpc) is 2.69. The second kappa shape index (κ2) is 5.29. The topological polar surface area (TPSA) is 55.8 Å². The standard InChI is InChI=1S/C11H13NO4S/c1-2-15-11(14)16-12-5-3-10-8(4-6-17-10)9(13)7-12/h4,6H,2-3,5,7H2,1H3. The summed E-state index contributed by atoms with van der Waals surface area (Å²) < 4.78 is 4.67. The van der Waals surface area contributed by atoms with Crippen LogP contribution in [0.5, 0.6) is 0 Å². The largest absolute Gasteiger partial charge is 0.527 e.